The highest BCUT2D eigenvalue weighted by molar-refractivity contribution is 7.87. The lowest BCUT2D eigenvalue weighted by molar-refractivity contribution is -0.120. The third-order valence-corrected chi connectivity index (χ3v) is 6.59. The van der Waals surface area contributed by atoms with Gasteiger partial charge in [0.25, 0.3) is 10.2 Å². The molecular formula is C15H14F3N3O3S2. The number of rotatable bonds is 3. The average molecular weight is 405 g/mol. The van der Waals surface area contributed by atoms with Crippen LogP contribution in [0.5, 0.6) is 0 Å². The first-order valence-electron chi connectivity index (χ1n) is 7.43. The number of likely N-dealkylation sites (N-methyl/N-ethyl adjacent to an activating group) is 1. The van der Waals surface area contributed by atoms with E-state index in [2.05, 4.69) is 10.0 Å². The van der Waals surface area contributed by atoms with Crippen LogP contribution in [0, 0.1) is 17.5 Å². The van der Waals surface area contributed by atoms with Gasteiger partial charge in [-0.25, -0.2) is 13.2 Å². The van der Waals surface area contributed by atoms with Crippen molar-refractivity contribution in [1.29, 1.82) is 0 Å². The summed E-state index contributed by atoms with van der Waals surface area (Å²) in [5, 5.41) is 4.02. The first kappa shape index (κ1) is 18.8. The molecule has 2 atom stereocenters. The molecule has 26 heavy (non-hydrogen) atoms. The molecule has 6 nitrogen and oxygen atoms in total. The lowest BCUT2D eigenvalue weighted by Crippen LogP contribution is -2.55. The van der Waals surface area contributed by atoms with Gasteiger partial charge in [-0.05, 0) is 17.9 Å². The Bertz CT molecular complexity index is 912. The van der Waals surface area contributed by atoms with E-state index in [0.29, 0.717) is 12.1 Å². The third kappa shape index (κ3) is 3.61. The van der Waals surface area contributed by atoms with E-state index >= 15 is 0 Å². The van der Waals surface area contributed by atoms with Gasteiger partial charge in [0.1, 0.15) is 6.04 Å². The quantitative estimate of drug-likeness (QED) is 0.770. The normalized spacial score (nSPS) is 22.9. The van der Waals surface area contributed by atoms with E-state index in [1.807, 2.05) is 0 Å². The van der Waals surface area contributed by atoms with Gasteiger partial charge in [0.15, 0.2) is 17.5 Å². The van der Waals surface area contributed by atoms with Crippen LogP contribution in [-0.2, 0) is 15.0 Å². The zero-order valence-corrected chi connectivity index (χ0v) is 15.0. The largest absolute Gasteiger partial charge is 0.324 e. The number of nitrogens with zero attached hydrogens (tertiary/aromatic N) is 1. The second-order valence-electron chi connectivity index (χ2n) is 5.70. The van der Waals surface area contributed by atoms with Crippen molar-refractivity contribution in [2.24, 2.45) is 0 Å². The molecule has 0 saturated carbocycles. The van der Waals surface area contributed by atoms with Crippen molar-refractivity contribution in [1.82, 2.24) is 9.03 Å². The monoisotopic (exact) mass is 405 g/mol. The molecule has 1 aliphatic heterocycles. The Hall–Kier alpha value is -1.95. The van der Waals surface area contributed by atoms with Crippen LogP contribution in [0.2, 0.25) is 0 Å². The van der Waals surface area contributed by atoms with Crippen molar-refractivity contribution in [3.05, 3.63) is 52.0 Å². The minimum absolute atomic E-state index is 0.119. The Kier molecular flexibility index (Phi) is 5.06. The van der Waals surface area contributed by atoms with Crippen molar-refractivity contribution >= 4 is 33.1 Å². The predicted molar refractivity (Wildman–Crippen MR) is 90.2 cm³/mol. The number of anilines is 1. The number of halogens is 3. The van der Waals surface area contributed by atoms with Gasteiger partial charge < -0.3 is 5.32 Å². The molecule has 2 heterocycles. The molecule has 2 N–H and O–H groups in total. The molecule has 2 unspecified atom stereocenters. The second-order valence-corrected chi connectivity index (χ2v) is 8.44. The van der Waals surface area contributed by atoms with Crippen LogP contribution in [0.3, 0.4) is 0 Å². The zero-order chi connectivity index (χ0) is 19.1. The summed E-state index contributed by atoms with van der Waals surface area (Å²) in [6.45, 7) is 0. The molecule has 11 heteroatoms. The Morgan fingerprint density at radius 3 is 2.54 bits per heavy atom. The van der Waals surface area contributed by atoms with Crippen molar-refractivity contribution < 1.29 is 26.4 Å². The molecule has 0 radical (unpaired) electrons. The summed E-state index contributed by atoms with van der Waals surface area (Å²) >= 11 is 1.34. The Labute approximate surface area is 151 Å². The van der Waals surface area contributed by atoms with E-state index in [1.165, 1.54) is 18.4 Å². The molecule has 140 valence electrons. The number of nitrogens with one attached hydrogen (secondary N) is 2. The van der Waals surface area contributed by atoms with Crippen molar-refractivity contribution in [3.63, 3.8) is 0 Å². The van der Waals surface area contributed by atoms with Gasteiger partial charge in [-0.2, -0.15) is 17.4 Å². The van der Waals surface area contributed by atoms with Crippen LogP contribution in [0.4, 0.5) is 18.9 Å². The number of benzene rings is 1. The molecule has 0 bridgehead atoms. The molecule has 0 spiro atoms. The Morgan fingerprint density at radius 1 is 1.31 bits per heavy atom. The van der Waals surface area contributed by atoms with Crippen LogP contribution >= 0.6 is 11.3 Å². The molecule has 1 aromatic heterocycles. The maximum Gasteiger partial charge on any atom is 0.280 e. The van der Waals surface area contributed by atoms with Gasteiger partial charge in [0.2, 0.25) is 5.91 Å². The smallest absolute Gasteiger partial charge is 0.280 e. The lowest BCUT2D eigenvalue weighted by atomic mass is 10.1. The van der Waals surface area contributed by atoms with Crippen molar-refractivity contribution in [3.8, 4) is 0 Å². The standard InChI is InChI=1S/C15H14F3N3O3S2/c1-21-12(7-11(20-26(21,23)24)13-3-2-4-25-13)15(22)19-8-5-9(16)14(18)10(17)6-8/h2-6,11-12,20H,7H2,1H3,(H,19,22). The first-order chi connectivity index (χ1) is 12.2. The minimum atomic E-state index is -3.93. The second kappa shape index (κ2) is 6.99. The summed E-state index contributed by atoms with van der Waals surface area (Å²) < 4.78 is 67.5. The molecule has 3 rings (SSSR count). The number of hydrogen-bond donors (Lipinski definition) is 2. The van der Waals surface area contributed by atoms with Crippen molar-refractivity contribution in [2.45, 2.75) is 18.5 Å². The number of carbonyl (C=O) groups excluding carboxylic acids is 1. The van der Waals surface area contributed by atoms with Crippen LogP contribution < -0.4 is 10.0 Å². The van der Waals surface area contributed by atoms with Crippen molar-refractivity contribution in [2.75, 3.05) is 12.4 Å². The fraction of sp³-hybridized carbons (Fsp3) is 0.267. The molecule has 1 fully saturated rings. The highest BCUT2D eigenvalue weighted by Crippen LogP contribution is 2.31. The molecule has 1 saturated heterocycles. The van der Waals surface area contributed by atoms with E-state index < -0.39 is 45.7 Å². The van der Waals surface area contributed by atoms with Gasteiger partial charge in [-0.3, -0.25) is 4.79 Å². The Balaban J connectivity index is 1.85. The lowest BCUT2D eigenvalue weighted by Gasteiger charge is -2.35. The van der Waals surface area contributed by atoms with Gasteiger partial charge in [-0.15, -0.1) is 11.3 Å². The van der Waals surface area contributed by atoms with Crippen LogP contribution in [0.25, 0.3) is 0 Å². The number of amides is 1. The topological polar surface area (TPSA) is 78.5 Å². The molecule has 1 amide bonds. The van der Waals surface area contributed by atoms with Gasteiger partial charge in [-0.1, -0.05) is 6.07 Å². The third-order valence-electron chi connectivity index (χ3n) is 4.01. The summed E-state index contributed by atoms with van der Waals surface area (Å²) in [4.78, 5) is 13.2. The summed E-state index contributed by atoms with van der Waals surface area (Å²) in [5.41, 5.74) is -0.302. The maximum absolute atomic E-state index is 13.3. The fourth-order valence-corrected chi connectivity index (χ4v) is 4.77. The highest BCUT2D eigenvalue weighted by Gasteiger charge is 2.41. The molecule has 1 aliphatic rings. The minimum Gasteiger partial charge on any atom is -0.324 e. The molecular weight excluding hydrogens is 391 g/mol. The average Bonchev–Trinajstić information content (AvgIpc) is 3.09. The predicted octanol–water partition coefficient (Wildman–Crippen LogP) is 2.38. The number of thiophene rings is 1. The van der Waals surface area contributed by atoms with Gasteiger partial charge in [0.05, 0.1) is 6.04 Å². The number of hydrogen-bond acceptors (Lipinski definition) is 4. The van der Waals surface area contributed by atoms with Gasteiger partial charge >= 0.3 is 0 Å². The van der Waals surface area contributed by atoms with E-state index in [-0.39, 0.29) is 12.1 Å². The summed E-state index contributed by atoms with van der Waals surface area (Å²) in [6, 6.07) is 3.04. The SMILES string of the molecule is CN1C(C(=O)Nc2cc(F)c(F)c(F)c2)CC(c2cccs2)NS1(=O)=O. The summed E-state index contributed by atoms with van der Waals surface area (Å²) in [7, 11) is -2.70. The van der Waals surface area contributed by atoms with Crippen LogP contribution in [0.15, 0.2) is 29.6 Å². The zero-order valence-electron chi connectivity index (χ0n) is 13.4. The number of carbonyl (C=O) groups is 1. The maximum atomic E-state index is 13.3. The Morgan fingerprint density at radius 2 is 1.96 bits per heavy atom. The van der Waals surface area contributed by atoms with Gasteiger partial charge in [0, 0.05) is 29.7 Å². The van der Waals surface area contributed by atoms with E-state index in [1.54, 1.807) is 17.5 Å². The van der Waals surface area contributed by atoms with Crippen LogP contribution in [0.1, 0.15) is 17.3 Å². The molecule has 0 aliphatic carbocycles. The van der Waals surface area contributed by atoms with E-state index in [4.69, 9.17) is 0 Å². The van der Waals surface area contributed by atoms with E-state index in [9.17, 15) is 26.4 Å². The van der Waals surface area contributed by atoms with Crippen LogP contribution in [-0.4, -0.2) is 31.7 Å². The summed E-state index contributed by atoms with van der Waals surface area (Å²) in [6.07, 6.45) is 0.119. The summed E-state index contributed by atoms with van der Waals surface area (Å²) in [5.74, 6) is -5.34. The fourth-order valence-electron chi connectivity index (χ4n) is 2.64. The first-order valence-corrected chi connectivity index (χ1v) is 9.75. The molecule has 2 aromatic rings. The van der Waals surface area contributed by atoms with E-state index in [0.717, 1.165) is 9.18 Å². The molecule has 1 aromatic carbocycles. The highest BCUT2D eigenvalue weighted by atomic mass is 32.2.